The van der Waals surface area contributed by atoms with E-state index in [1.807, 2.05) is 0 Å². The quantitative estimate of drug-likeness (QED) is 0.804. The summed E-state index contributed by atoms with van der Waals surface area (Å²) in [6, 6.07) is 3.85. The fraction of sp³-hybridized carbons (Fsp3) is 0.400. The van der Waals surface area contributed by atoms with Crippen molar-refractivity contribution in [2.24, 2.45) is 5.73 Å². The lowest BCUT2D eigenvalue weighted by Crippen LogP contribution is -2.37. The average molecular weight is 215 g/mol. The van der Waals surface area contributed by atoms with Gasteiger partial charge in [-0.25, -0.2) is 8.78 Å². The van der Waals surface area contributed by atoms with E-state index in [2.05, 4.69) is 0 Å². The number of hydrogen-bond acceptors (Lipinski definition) is 3. The molecule has 0 aromatic heterocycles. The molecule has 0 bridgehead atoms. The predicted molar refractivity (Wildman–Crippen MR) is 49.0 cm³/mol. The van der Waals surface area contributed by atoms with Crippen molar-refractivity contribution in [2.45, 2.75) is 5.79 Å². The van der Waals surface area contributed by atoms with Crippen LogP contribution in [0.2, 0.25) is 0 Å². The van der Waals surface area contributed by atoms with E-state index in [-0.39, 0.29) is 12.1 Å². The molecule has 0 aliphatic carbocycles. The highest BCUT2D eigenvalue weighted by molar-refractivity contribution is 5.24. The Bertz CT molecular complexity index is 364. The van der Waals surface area contributed by atoms with Gasteiger partial charge in [-0.05, 0) is 6.07 Å². The molecule has 2 rings (SSSR count). The van der Waals surface area contributed by atoms with Crippen LogP contribution in [0.25, 0.3) is 0 Å². The average Bonchev–Trinajstić information content (AvgIpc) is 2.72. The monoisotopic (exact) mass is 215 g/mol. The number of nitrogens with two attached hydrogens (primary N) is 1. The van der Waals surface area contributed by atoms with Gasteiger partial charge in [-0.2, -0.15) is 0 Å². The first-order valence-corrected chi connectivity index (χ1v) is 4.62. The molecular weight excluding hydrogens is 204 g/mol. The molecule has 0 unspecified atom stereocenters. The van der Waals surface area contributed by atoms with E-state index in [9.17, 15) is 8.78 Å². The Morgan fingerprint density at radius 1 is 1.27 bits per heavy atom. The van der Waals surface area contributed by atoms with Gasteiger partial charge >= 0.3 is 0 Å². The third kappa shape index (κ3) is 1.62. The van der Waals surface area contributed by atoms with Crippen molar-refractivity contribution in [1.82, 2.24) is 0 Å². The number of ether oxygens (including phenoxy) is 2. The molecule has 3 nitrogen and oxygen atoms in total. The maximum Gasteiger partial charge on any atom is 0.210 e. The topological polar surface area (TPSA) is 44.5 Å². The zero-order valence-corrected chi connectivity index (χ0v) is 8.00. The Hall–Kier alpha value is -1.04. The normalized spacial score (nSPS) is 19.4. The van der Waals surface area contributed by atoms with Crippen LogP contribution >= 0.6 is 0 Å². The van der Waals surface area contributed by atoms with Gasteiger partial charge in [-0.15, -0.1) is 0 Å². The van der Waals surface area contributed by atoms with Gasteiger partial charge in [-0.1, -0.05) is 12.1 Å². The minimum Gasteiger partial charge on any atom is -0.342 e. The van der Waals surface area contributed by atoms with Gasteiger partial charge in [0.25, 0.3) is 0 Å². The first-order valence-electron chi connectivity index (χ1n) is 4.62. The summed E-state index contributed by atoms with van der Waals surface area (Å²) < 4.78 is 37.0. The lowest BCUT2D eigenvalue weighted by molar-refractivity contribution is -0.159. The third-order valence-corrected chi connectivity index (χ3v) is 2.38. The second-order valence-electron chi connectivity index (χ2n) is 3.26. The molecule has 1 aromatic rings. The maximum atomic E-state index is 13.5. The van der Waals surface area contributed by atoms with Crippen LogP contribution in [-0.2, 0) is 15.3 Å². The summed E-state index contributed by atoms with van der Waals surface area (Å²) in [7, 11) is 0. The minimum atomic E-state index is -1.33. The summed E-state index contributed by atoms with van der Waals surface area (Å²) in [6.45, 7) is 0.605. The van der Waals surface area contributed by atoms with Crippen LogP contribution in [0.15, 0.2) is 18.2 Å². The molecule has 1 saturated heterocycles. The molecule has 0 radical (unpaired) electrons. The summed E-state index contributed by atoms with van der Waals surface area (Å²) in [6.07, 6.45) is 0. The second-order valence-corrected chi connectivity index (χ2v) is 3.26. The highest BCUT2D eigenvalue weighted by Gasteiger charge is 2.40. The standard InChI is InChI=1S/C10H11F2NO2/c11-8-3-1-2-7(9(8)12)10(6-13)14-4-5-15-10/h1-3H,4-6,13H2. The van der Waals surface area contributed by atoms with E-state index in [0.29, 0.717) is 13.2 Å². The maximum absolute atomic E-state index is 13.5. The highest BCUT2D eigenvalue weighted by Crippen LogP contribution is 2.32. The van der Waals surface area contributed by atoms with Crippen molar-refractivity contribution in [3.8, 4) is 0 Å². The van der Waals surface area contributed by atoms with Gasteiger partial charge in [0, 0.05) is 0 Å². The van der Waals surface area contributed by atoms with Crippen molar-refractivity contribution < 1.29 is 18.3 Å². The second kappa shape index (κ2) is 3.84. The van der Waals surface area contributed by atoms with Crippen LogP contribution in [0, 0.1) is 11.6 Å². The van der Waals surface area contributed by atoms with E-state index < -0.39 is 17.4 Å². The zero-order chi connectivity index (χ0) is 10.9. The molecule has 15 heavy (non-hydrogen) atoms. The van der Waals surface area contributed by atoms with Gasteiger partial charge < -0.3 is 15.2 Å². The zero-order valence-electron chi connectivity index (χ0n) is 8.00. The molecular formula is C10H11F2NO2. The lowest BCUT2D eigenvalue weighted by Gasteiger charge is -2.26. The van der Waals surface area contributed by atoms with Crippen LogP contribution in [0.4, 0.5) is 8.78 Å². The summed E-state index contributed by atoms with van der Waals surface area (Å²) in [4.78, 5) is 0. The summed E-state index contributed by atoms with van der Waals surface area (Å²) in [5.41, 5.74) is 5.50. The van der Waals surface area contributed by atoms with Gasteiger partial charge in [0.05, 0.1) is 25.3 Å². The Labute approximate surface area is 85.8 Å². The van der Waals surface area contributed by atoms with E-state index in [1.54, 1.807) is 0 Å². The smallest absolute Gasteiger partial charge is 0.210 e. The SMILES string of the molecule is NCC1(c2cccc(F)c2F)OCCO1. The van der Waals surface area contributed by atoms with E-state index in [0.717, 1.165) is 6.07 Å². The summed E-state index contributed by atoms with van der Waals surface area (Å²) in [5, 5.41) is 0. The first-order chi connectivity index (χ1) is 7.19. The minimum absolute atomic E-state index is 0.0162. The Kier molecular flexibility index (Phi) is 2.68. The van der Waals surface area contributed by atoms with E-state index >= 15 is 0 Å². The van der Waals surface area contributed by atoms with Crippen molar-refractivity contribution in [3.63, 3.8) is 0 Å². The Balaban J connectivity index is 2.47. The highest BCUT2D eigenvalue weighted by atomic mass is 19.2. The van der Waals surface area contributed by atoms with Crippen LogP contribution in [0.3, 0.4) is 0 Å². The molecule has 0 saturated carbocycles. The molecule has 2 N–H and O–H groups in total. The molecule has 0 amide bonds. The van der Waals surface area contributed by atoms with Crippen molar-refractivity contribution in [1.29, 1.82) is 0 Å². The van der Waals surface area contributed by atoms with Gasteiger partial charge in [0.2, 0.25) is 5.79 Å². The number of rotatable bonds is 2. The van der Waals surface area contributed by atoms with Crippen LogP contribution in [0.5, 0.6) is 0 Å². The number of benzene rings is 1. The summed E-state index contributed by atoms with van der Waals surface area (Å²) in [5.74, 6) is -3.23. The van der Waals surface area contributed by atoms with Crippen molar-refractivity contribution in [3.05, 3.63) is 35.4 Å². The van der Waals surface area contributed by atoms with Gasteiger partial charge in [0.1, 0.15) is 0 Å². The lowest BCUT2D eigenvalue weighted by atomic mass is 10.1. The fourth-order valence-corrected chi connectivity index (χ4v) is 1.64. The van der Waals surface area contributed by atoms with Crippen molar-refractivity contribution in [2.75, 3.05) is 19.8 Å². The van der Waals surface area contributed by atoms with Gasteiger partial charge in [-0.3, -0.25) is 0 Å². The summed E-state index contributed by atoms with van der Waals surface area (Å²) >= 11 is 0. The molecule has 1 heterocycles. The molecule has 0 spiro atoms. The van der Waals surface area contributed by atoms with Crippen LogP contribution < -0.4 is 5.73 Å². The fourth-order valence-electron chi connectivity index (χ4n) is 1.64. The first kappa shape index (κ1) is 10.5. The Morgan fingerprint density at radius 2 is 1.93 bits per heavy atom. The number of halogens is 2. The van der Waals surface area contributed by atoms with Gasteiger partial charge in [0.15, 0.2) is 11.6 Å². The molecule has 0 atom stereocenters. The van der Waals surface area contributed by atoms with E-state index in [4.69, 9.17) is 15.2 Å². The largest absolute Gasteiger partial charge is 0.342 e. The van der Waals surface area contributed by atoms with Crippen LogP contribution in [-0.4, -0.2) is 19.8 Å². The molecule has 5 heteroatoms. The number of hydrogen-bond donors (Lipinski definition) is 1. The molecule has 1 aromatic carbocycles. The Morgan fingerprint density at radius 3 is 2.53 bits per heavy atom. The molecule has 1 fully saturated rings. The molecule has 1 aliphatic rings. The molecule has 1 aliphatic heterocycles. The predicted octanol–water partition coefficient (Wildman–Crippen LogP) is 1.12. The van der Waals surface area contributed by atoms with E-state index in [1.165, 1.54) is 12.1 Å². The third-order valence-electron chi connectivity index (χ3n) is 2.38. The molecule has 82 valence electrons. The van der Waals surface area contributed by atoms with Crippen LogP contribution in [0.1, 0.15) is 5.56 Å². The van der Waals surface area contributed by atoms with Crippen molar-refractivity contribution >= 4 is 0 Å².